The van der Waals surface area contributed by atoms with Crippen LogP contribution in [-0.2, 0) is 6.54 Å². The molecule has 4 aromatic rings. The molecule has 8 heteroatoms. The number of hydrogen-bond acceptors (Lipinski definition) is 7. The molecule has 1 fully saturated rings. The zero-order valence-corrected chi connectivity index (χ0v) is 23.5. The van der Waals surface area contributed by atoms with Gasteiger partial charge in [-0.05, 0) is 65.6 Å². The van der Waals surface area contributed by atoms with Crippen LogP contribution in [0.2, 0.25) is 0 Å². The number of rotatable bonds is 10. The SMILES string of the molecule is CCCCC1N=C2C(=CN(CC3CC3)CN2c2ccccc2)N1Cc1ccc(-c2ccccc2-c2nn[nH]n2)cc1. The molecular formula is C33H36N8. The minimum Gasteiger partial charge on any atom is -0.357 e. The van der Waals surface area contributed by atoms with E-state index in [4.69, 9.17) is 4.99 Å². The third kappa shape index (κ3) is 5.34. The summed E-state index contributed by atoms with van der Waals surface area (Å²) < 4.78 is 0. The van der Waals surface area contributed by atoms with Crippen molar-refractivity contribution in [1.82, 2.24) is 30.4 Å². The number of nitrogens with one attached hydrogen (secondary N) is 1. The maximum absolute atomic E-state index is 5.37. The molecule has 7 rings (SSSR count). The van der Waals surface area contributed by atoms with Crippen LogP contribution in [-0.4, -0.2) is 55.6 Å². The number of hydrogen-bond donors (Lipinski definition) is 1. The molecule has 208 valence electrons. The smallest absolute Gasteiger partial charge is 0.205 e. The number of aliphatic imine (C=N–C) groups is 1. The van der Waals surface area contributed by atoms with Crippen molar-refractivity contribution >= 4 is 11.5 Å². The highest BCUT2D eigenvalue weighted by atomic mass is 15.5. The lowest BCUT2D eigenvalue weighted by Gasteiger charge is -2.38. The van der Waals surface area contributed by atoms with Crippen LogP contribution in [0.15, 0.2) is 95.8 Å². The van der Waals surface area contributed by atoms with Crippen LogP contribution in [0.3, 0.4) is 0 Å². The van der Waals surface area contributed by atoms with Crippen molar-refractivity contribution in [3.05, 3.63) is 96.3 Å². The van der Waals surface area contributed by atoms with Crippen molar-refractivity contribution in [1.29, 1.82) is 0 Å². The summed E-state index contributed by atoms with van der Waals surface area (Å²) in [7, 11) is 0. The van der Waals surface area contributed by atoms with Gasteiger partial charge in [0.15, 0.2) is 5.84 Å². The fraction of sp³-hybridized carbons (Fsp3) is 0.333. The Morgan fingerprint density at radius 2 is 1.68 bits per heavy atom. The van der Waals surface area contributed by atoms with Gasteiger partial charge in [-0.25, -0.2) is 4.99 Å². The fourth-order valence-corrected chi connectivity index (χ4v) is 5.91. The van der Waals surface area contributed by atoms with Gasteiger partial charge in [0, 0.05) is 30.5 Å². The summed E-state index contributed by atoms with van der Waals surface area (Å²) in [4.78, 5) is 12.8. The fourth-order valence-electron chi connectivity index (χ4n) is 5.91. The number of anilines is 1. The van der Waals surface area contributed by atoms with E-state index in [1.165, 1.54) is 36.2 Å². The van der Waals surface area contributed by atoms with E-state index in [0.29, 0.717) is 5.82 Å². The van der Waals surface area contributed by atoms with Crippen LogP contribution in [0, 0.1) is 5.92 Å². The second-order valence-electron chi connectivity index (χ2n) is 11.3. The molecule has 8 nitrogen and oxygen atoms in total. The Labute approximate surface area is 241 Å². The Hall–Kier alpha value is -4.46. The molecule has 0 amide bonds. The number of para-hydroxylation sites is 1. The van der Waals surface area contributed by atoms with Gasteiger partial charge in [0.05, 0.1) is 12.4 Å². The monoisotopic (exact) mass is 544 g/mol. The van der Waals surface area contributed by atoms with Gasteiger partial charge in [-0.15, -0.1) is 10.2 Å². The number of aromatic nitrogens is 4. The van der Waals surface area contributed by atoms with E-state index in [2.05, 4.69) is 115 Å². The van der Waals surface area contributed by atoms with Crippen molar-refractivity contribution in [2.45, 2.75) is 51.7 Å². The van der Waals surface area contributed by atoms with Crippen molar-refractivity contribution < 1.29 is 0 Å². The maximum Gasteiger partial charge on any atom is 0.205 e. The van der Waals surface area contributed by atoms with Crippen molar-refractivity contribution in [3.63, 3.8) is 0 Å². The maximum atomic E-state index is 5.37. The molecule has 0 radical (unpaired) electrons. The summed E-state index contributed by atoms with van der Waals surface area (Å²) >= 11 is 0. The average Bonchev–Trinajstić information content (AvgIpc) is 3.53. The number of fused-ring (bicyclic) bond motifs is 1. The van der Waals surface area contributed by atoms with Crippen molar-refractivity contribution in [3.8, 4) is 22.5 Å². The Bertz CT molecular complexity index is 1520. The Kier molecular flexibility index (Phi) is 6.96. The molecule has 0 bridgehead atoms. The largest absolute Gasteiger partial charge is 0.357 e. The number of nitrogens with zero attached hydrogens (tertiary/aromatic N) is 7. The predicted molar refractivity (Wildman–Crippen MR) is 163 cm³/mol. The number of unbranched alkanes of at least 4 members (excludes halogenated alkanes) is 1. The molecule has 0 spiro atoms. The van der Waals surface area contributed by atoms with Gasteiger partial charge in [0.2, 0.25) is 5.82 Å². The zero-order chi connectivity index (χ0) is 27.6. The predicted octanol–water partition coefficient (Wildman–Crippen LogP) is 6.30. The van der Waals surface area contributed by atoms with E-state index in [9.17, 15) is 0 Å². The van der Waals surface area contributed by atoms with Gasteiger partial charge < -0.3 is 14.7 Å². The summed E-state index contributed by atoms with van der Waals surface area (Å²) in [5.74, 6) is 2.53. The normalized spacial score (nSPS) is 18.4. The lowest BCUT2D eigenvalue weighted by molar-refractivity contribution is 0.252. The van der Waals surface area contributed by atoms with E-state index >= 15 is 0 Å². The summed E-state index contributed by atoms with van der Waals surface area (Å²) in [5.41, 5.74) is 6.92. The summed E-state index contributed by atoms with van der Waals surface area (Å²) in [6.45, 7) is 5.05. The van der Waals surface area contributed by atoms with E-state index < -0.39 is 0 Å². The summed E-state index contributed by atoms with van der Waals surface area (Å²) in [5, 5.41) is 14.7. The first-order chi connectivity index (χ1) is 20.3. The number of tetrazole rings is 1. The second kappa shape index (κ2) is 11.2. The first-order valence-corrected chi connectivity index (χ1v) is 14.8. The number of amidine groups is 1. The van der Waals surface area contributed by atoms with Crippen molar-refractivity contribution in [2.24, 2.45) is 10.9 Å². The first-order valence-electron chi connectivity index (χ1n) is 14.8. The molecule has 1 aromatic heterocycles. The molecule has 3 aliphatic rings. The topological polar surface area (TPSA) is 76.5 Å². The highest BCUT2D eigenvalue weighted by Crippen LogP contribution is 2.37. The molecule has 41 heavy (non-hydrogen) atoms. The molecule has 1 aliphatic carbocycles. The van der Waals surface area contributed by atoms with E-state index in [1.54, 1.807) is 0 Å². The van der Waals surface area contributed by atoms with Crippen LogP contribution >= 0.6 is 0 Å². The molecule has 1 unspecified atom stereocenters. The number of H-pyrrole nitrogens is 1. The lowest BCUT2D eigenvalue weighted by Crippen LogP contribution is -2.46. The van der Waals surface area contributed by atoms with Gasteiger partial charge in [-0.2, -0.15) is 5.21 Å². The molecule has 0 saturated heterocycles. The molecule has 3 heterocycles. The third-order valence-corrected chi connectivity index (χ3v) is 8.26. The Balaban J connectivity index is 1.18. The van der Waals surface area contributed by atoms with Gasteiger partial charge >= 0.3 is 0 Å². The van der Waals surface area contributed by atoms with Crippen LogP contribution < -0.4 is 4.90 Å². The standard InChI is InChI=1S/C33H36N8/c1-2-3-13-31-34-33-30(22-39(20-24-14-15-24)23-41(33)27-9-5-4-6-10-27)40(31)21-25-16-18-26(19-17-25)28-11-7-8-12-29(28)32-35-37-38-36-32/h4-12,16-19,22,24,31H,2-3,13-15,20-21,23H2,1H3,(H,35,36,37,38). The van der Waals surface area contributed by atoms with Gasteiger partial charge in [0.1, 0.15) is 6.17 Å². The molecule has 3 aromatic carbocycles. The minimum atomic E-state index is 0.141. The highest BCUT2D eigenvalue weighted by molar-refractivity contribution is 6.11. The molecule has 1 atom stereocenters. The first kappa shape index (κ1) is 25.5. The molecule has 2 aliphatic heterocycles. The van der Waals surface area contributed by atoms with Gasteiger partial charge in [-0.1, -0.05) is 80.1 Å². The van der Waals surface area contributed by atoms with Crippen LogP contribution in [0.4, 0.5) is 5.69 Å². The van der Waals surface area contributed by atoms with Crippen molar-refractivity contribution in [2.75, 3.05) is 18.1 Å². The lowest BCUT2D eigenvalue weighted by atomic mass is 9.98. The van der Waals surface area contributed by atoms with E-state index in [-0.39, 0.29) is 6.17 Å². The third-order valence-electron chi connectivity index (χ3n) is 8.26. The summed E-state index contributed by atoms with van der Waals surface area (Å²) in [6.07, 6.45) is 8.60. The zero-order valence-electron chi connectivity index (χ0n) is 23.5. The second-order valence-corrected chi connectivity index (χ2v) is 11.3. The van der Waals surface area contributed by atoms with Gasteiger partial charge in [0.25, 0.3) is 0 Å². The number of aromatic amines is 1. The Morgan fingerprint density at radius 1 is 0.902 bits per heavy atom. The molecular weight excluding hydrogens is 508 g/mol. The molecule has 1 N–H and O–H groups in total. The number of benzene rings is 3. The quantitative estimate of drug-likeness (QED) is 0.253. The van der Waals surface area contributed by atoms with E-state index in [0.717, 1.165) is 61.0 Å². The van der Waals surface area contributed by atoms with Crippen LogP contribution in [0.5, 0.6) is 0 Å². The van der Waals surface area contributed by atoms with Crippen LogP contribution in [0.25, 0.3) is 22.5 Å². The van der Waals surface area contributed by atoms with Crippen LogP contribution in [0.1, 0.15) is 44.6 Å². The summed E-state index contributed by atoms with van der Waals surface area (Å²) in [6, 6.07) is 27.9. The van der Waals surface area contributed by atoms with E-state index in [1.807, 2.05) is 12.1 Å². The Morgan fingerprint density at radius 3 is 2.41 bits per heavy atom. The highest BCUT2D eigenvalue weighted by Gasteiger charge is 2.38. The molecule has 1 saturated carbocycles. The van der Waals surface area contributed by atoms with Gasteiger partial charge in [-0.3, -0.25) is 0 Å². The minimum absolute atomic E-state index is 0.141. The average molecular weight is 545 g/mol.